The molecule has 2 rings (SSSR count). The third-order valence-corrected chi connectivity index (χ3v) is 4.00. The van der Waals surface area contributed by atoms with Crippen LogP contribution in [0.15, 0.2) is 6.20 Å². The van der Waals surface area contributed by atoms with Crippen molar-refractivity contribution in [1.29, 1.82) is 0 Å². The molecule has 0 unspecified atom stereocenters. The van der Waals surface area contributed by atoms with E-state index in [1.54, 1.807) is 7.11 Å². The van der Waals surface area contributed by atoms with Gasteiger partial charge in [0.1, 0.15) is 5.75 Å². The number of hydrogen-bond donors (Lipinski definition) is 1. The lowest BCUT2D eigenvalue weighted by atomic mass is 10.1. The monoisotopic (exact) mass is 277 g/mol. The molecule has 0 radical (unpaired) electrons. The molecule has 1 aliphatic rings. The van der Waals surface area contributed by atoms with Gasteiger partial charge in [-0.25, -0.2) is 0 Å². The van der Waals surface area contributed by atoms with Crippen LogP contribution in [0.25, 0.3) is 0 Å². The Hall–Kier alpha value is -1.13. The second-order valence-corrected chi connectivity index (χ2v) is 6.42. The van der Waals surface area contributed by atoms with Crippen LogP contribution in [-0.4, -0.2) is 42.2 Å². The van der Waals surface area contributed by atoms with E-state index in [0.717, 1.165) is 43.2 Å². The number of nitrogens with one attached hydrogen (secondary N) is 1. The fourth-order valence-corrected chi connectivity index (χ4v) is 3.00. The van der Waals surface area contributed by atoms with Crippen molar-refractivity contribution in [3.05, 3.63) is 23.0 Å². The SMILES string of the molecule is COc1c(C)cnc(CN2CCCNC(C)(C)C2)c1C. The predicted octanol–water partition coefficient (Wildman–Crippen LogP) is 2.28. The molecule has 2 heterocycles. The average Bonchev–Trinajstić information content (AvgIpc) is 2.54. The third kappa shape index (κ3) is 3.49. The summed E-state index contributed by atoms with van der Waals surface area (Å²) in [6.45, 7) is 12.8. The maximum Gasteiger partial charge on any atom is 0.128 e. The molecule has 0 spiro atoms. The van der Waals surface area contributed by atoms with Crippen molar-refractivity contribution in [3.63, 3.8) is 0 Å². The first-order valence-electron chi connectivity index (χ1n) is 7.39. The largest absolute Gasteiger partial charge is 0.496 e. The predicted molar refractivity (Wildman–Crippen MR) is 82.2 cm³/mol. The topological polar surface area (TPSA) is 37.4 Å². The van der Waals surface area contributed by atoms with Crippen LogP contribution >= 0.6 is 0 Å². The fraction of sp³-hybridized carbons (Fsp3) is 0.688. The maximum absolute atomic E-state index is 5.50. The molecule has 1 saturated heterocycles. The normalized spacial score (nSPS) is 19.6. The minimum Gasteiger partial charge on any atom is -0.496 e. The first-order chi connectivity index (χ1) is 9.43. The maximum atomic E-state index is 5.50. The Morgan fingerprint density at radius 2 is 2.15 bits per heavy atom. The lowest BCUT2D eigenvalue weighted by molar-refractivity contribution is 0.221. The average molecular weight is 277 g/mol. The molecular weight excluding hydrogens is 250 g/mol. The Morgan fingerprint density at radius 3 is 2.85 bits per heavy atom. The van der Waals surface area contributed by atoms with Crippen molar-refractivity contribution in [2.24, 2.45) is 0 Å². The summed E-state index contributed by atoms with van der Waals surface area (Å²) in [4.78, 5) is 7.11. The second kappa shape index (κ2) is 6.10. The van der Waals surface area contributed by atoms with Gasteiger partial charge in [-0.2, -0.15) is 0 Å². The van der Waals surface area contributed by atoms with Gasteiger partial charge in [0.15, 0.2) is 0 Å². The summed E-state index contributed by atoms with van der Waals surface area (Å²) in [5, 5.41) is 3.60. The van der Waals surface area contributed by atoms with E-state index in [1.165, 1.54) is 12.0 Å². The van der Waals surface area contributed by atoms with E-state index >= 15 is 0 Å². The lowest BCUT2D eigenvalue weighted by Crippen LogP contribution is -2.46. The van der Waals surface area contributed by atoms with Crippen LogP contribution in [0.2, 0.25) is 0 Å². The molecule has 0 amide bonds. The van der Waals surface area contributed by atoms with Crippen LogP contribution in [0.3, 0.4) is 0 Å². The zero-order chi connectivity index (χ0) is 14.8. The number of aryl methyl sites for hydroxylation is 1. The molecule has 0 saturated carbocycles. The summed E-state index contributed by atoms with van der Waals surface area (Å²) in [5.41, 5.74) is 3.57. The molecule has 0 aliphatic carbocycles. The summed E-state index contributed by atoms with van der Waals surface area (Å²) < 4.78 is 5.50. The first kappa shape index (κ1) is 15.3. The molecule has 1 aromatic heterocycles. The lowest BCUT2D eigenvalue weighted by Gasteiger charge is -2.30. The highest BCUT2D eigenvalue weighted by Crippen LogP contribution is 2.25. The minimum atomic E-state index is 0.166. The Bertz CT molecular complexity index is 471. The number of ether oxygens (including phenoxy) is 1. The van der Waals surface area contributed by atoms with Gasteiger partial charge in [-0.15, -0.1) is 0 Å². The Balaban J connectivity index is 2.17. The summed E-state index contributed by atoms with van der Waals surface area (Å²) in [5.74, 6) is 0.974. The van der Waals surface area contributed by atoms with Crippen molar-refractivity contribution in [2.75, 3.05) is 26.7 Å². The molecule has 1 aromatic rings. The third-order valence-electron chi connectivity index (χ3n) is 4.00. The van der Waals surface area contributed by atoms with Gasteiger partial charge in [0, 0.05) is 36.0 Å². The molecular formula is C16H27N3O. The number of pyridine rings is 1. The standard InChI is InChI=1S/C16H27N3O/c1-12-9-17-14(13(2)15(12)20-5)10-19-8-6-7-18-16(3,4)11-19/h9,18H,6-8,10-11H2,1-5H3. The second-order valence-electron chi connectivity index (χ2n) is 6.42. The van der Waals surface area contributed by atoms with Gasteiger partial charge in [0.25, 0.3) is 0 Å². The van der Waals surface area contributed by atoms with Crippen molar-refractivity contribution in [1.82, 2.24) is 15.2 Å². The summed E-state index contributed by atoms with van der Waals surface area (Å²) in [6.07, 6.45) is 3.11. The number of aromatic nitrogens is 1. The quantitative estimate of drug-likeness (QED) is 0.920. The molecule has 4 nitrogen and oxygen atoms in total. The van der Waals surface area contributed by atoms with E-state index in [2.05, 4.69) is 36.0 Å². The van der Waals surface area contributed by atoms with Crippen LogP contribution in [0, 0.1) is 13.8 Å². The van der Waals surface area contributed by atoms with E-state index in [1.807, 2.05) is 13.1 Å². The molecule has 0 bridgehead atoms. The van der Waals surface area contributed by atoms with Gasteiger partial charge in [-0.05, 0) is 47.2 Å². The molecule has 112 valence electrons. The Labute approximate surface area is 122 Å². The van der Waals surface area contributed by atoms with Crippen LogP contribution in [-0.2, 0) is 6.54 Å². The zero-order valence-electron chi connectivity index (χ0n) is 13.4. The summed E-state index contributed by atoms with van der Waals surface area (Å²) in [7, 11) is 1.73. The van der Waals surface area contributed by atoms with Crippen LogP contribution < -0.4 is 10.1 Å². The van der Waals surface area contributed by atoms with Gasteiger partial charge < -0.3 is 10.1 Å². The van der Waals surface area contributed by atoms with E-state index in [9.17, 15) is 0 Å². The number of nitrogens with zero attached hydrogens (tertiary/aromatic N) is 2. The molecule has 4 heteroatoms. The first-order valence-corrected chi connectivity index (χ1v) is 7.39. The molecule has 0 aromatic carbocycles. The van der Waals surface area contributed by atoms with Crippen LogP contribution in [0.4, 0.5) is 0 Å². The molecule has 20 heavy (non-hydrogen) atoms. The Kier molecular flexibility index (Phi) is 4.66. The van der Waals surface area contributed by atoms with Crippen molar-refractivity contribution < 1.29 is 4.74 Å². The van der Waals surface area contributed by atoms with Crippen molar-refractivity contribution in [3.8, 4) is 5.75 Å². The van der Waals surface area contributed by atoms with Gasteiger partial charge >= 0.3 is 0 Å². The number of rotatable bonds is 3. The highest BCUT2D eigenvalue weighted by atomic mass is 16.5. The highest BCUT2D eigenvalue weighted by Gasteiger charge is 2.24. The van der Waals surface area contributed by atoms with E-state index in [0.29, 0.717) is 0 Å². The molecule has 1 fully saturated rings. The van der Waals surface area contributed by atoms with Crippen LogP contribution in [0.5, 0.6) is 5.75 Å². The highest BCUT2D eigenvalue weighted by molar-refractivity contribution is 5.41. The molecule has 1 aliphatic heterocycles. The van der Waals surface area contributed by atoms with Gasteiger partial charge in [0.2, 0.25) is 0 Å². The minimum absolute atomic E-state index is 0.166. The summed E-state index contributed by atoms with van der Waals surface area (Å²) in [6, 6.07) is 0. The van der Waals surface area contributed by atoms with E-state index in [-0.39, 0.29) is 5.54 Å². The molecule has 0 atom stereocenters. The van der Waals surface area contributed by atoms with E-state index < -0.39 is 0 Å². The van der Waals surface area contributed by atoms with Gasteiger partial charge in [-0.1, -0.05) is 0 Å². The number of methoxy groups -OCH3 is 1. The van der Waals surface area contributed by atoms with Crippen molar-refractivity contribution in [2.45, 2.75) is 46.2 Å². The van der Waals surface area contributed by atoms with Gasteiger partial charge in [-0.3, -0.25) is 9.88 Å². The van der Waals surface area contributed by atoms with Crippen molar-refractivity contribution >= 4 is 0 Å². The fourth-order valence-electron chi connectivity index (χ4n) is 3.00. The Morgan fingerprint density at radius 1 is 1.40 bits per heavy atom. The van der Waals surface area contributed by atoms with Gasteiger partial charge in [0.05, 0.1) is 12.8 Å². The summed E-state index contributed by atoms with van der Waals surface area (Å²) >= 11 is 0. The van der Waals surface area contributed by atoms with Crippen LogP contribution in [0.1, 0.15) is 37.1 Å². The smallest absolute Gasteiger partial charge is 0.128 e. The molecule has 1 N–H and O–H groups in total. The van der Waals surface area contributed by atoms with E-state index in [4.69, 9.17) is 4.74 Å². The number of hydrogen-bond acceptors (Lipinski definition) is 4. The zero-order valence-corrected chi connectivity index (χ0v) is 13.4.